The summed E-state index contributed by atoms with van der Waals surface area (Å²) in [6.07, 6.45) is 0. The third-order valence-electron chi connectivity index (χ3n) is 3.71. The van der Waals surface area contributed by atoms with Crippen LogP contribution in [0, 0.1) is 5.82 Å². The fraction of sp³-hybridized carbons (Fsp3) is 0.294. The second-order valence-corrected chi connectivity index (χ2v) is 6.39. The molecular formula is C17H18FNOS. The summed E-state index contributed by atoms with van der Waals surface area (Å²) in [5, 5.41) is 0. The zero-order valence-electron chi connectivity index (χ0n) is 11.9. The van der Waals surface area contributed by atoms with E-state index in [2.05, 4.69) is 24.3 Å². The van der Waals surface area contributed by atoms with E-state index in [0.29, 0.717) is 23.8 Å². The SMILES string of the molecule is CC(N)c1ccc(OCC2CSc3ccccc32)cc1F. The Labute approximate surface area is 128 Å². The van der Waals surface area contributed by atoms with Gasteiger partial charge in [0, 0.05) is 34.2 Å². The maximum Gasteiger partial charge on any atom is 0.131 e. The fourth-order valence-corrected chi connectivity index (χ4v) is 3.76. The smallest absolute Gasteiger partial charge is 0.131 e. The topological polar surface area (TPSA) is 35.2 Å². The molecule has 0 spiro atoms. The van der Waals surface area contributed by atoms with Gasteiger partial charge in [-0.05, 0) is 24.6 Å². The van der Waals surface area contributed by atoms with Gasteiger partial charge in [-0.1, -0.05) is 24.3 Å². The molecule has 0 aliphatic carbocycles. The molecule has 1 aliphatic heterocycles. The molecule has 110 valence electrons. The highest BCUT2D eigenvalue weighted by Gasteiger charge is 2.23. The number of rotatable bonds is 4. The lowest BCUT2D eigenvalue weighted by molar-refractivity contribution is 0.296. The molecule has 1 aliphatic rings. The molecule has 0 saturated carbocycles. The number of fused-ring (bicyclic) bond motifs is 1. The first kappa shape index (κ1) is 14.4. The molecule has 0 amide bonds. The van der Waals surface area contributed by atoms with Crippen molar-refractivity contribution in [2.45, 2.75) is 23.8 Å². The Balaban J connectivity index is 1.68. The van der Waals surface area contributed by atoms with Gasteiger partial charge in [0.15, 0.2) is 0 Å². The molecule has 1 heterocycles. The molecule has 2 aromatic carbocycles. The summed E-state index contributed by atoms with van der Waals surface area (Å²) >= 11 is 1.85. The Kier molecular flexibility index (Phi) is 4.17. The van der Waals surface area contributed by atoms with Crippen LogP contribution in [-0.4, -0.2) is 12.4 Å². The Bertz CT molecular complexity index is 644. The van der Waals surface area contributed by atoms with Gasteiger partial charge in [0.05, 0.1) is 6.61 Å². The third kappa shape index (κ3) is 3.06. The average molecular weight is 303 g/mol. The molecule has 21 heavy (non-hydrogen) atoms. The minimum absolute atomic E-state index is 0.302. The minimum atomic E-state index is -0.308. The van der Waals surface area contributed by atoms with E-state index in [1.807, 2.05) is 11.8 Å². The van der Waals surface area contributed by atoms with E-state index in [9.17, 15) is 4.39 Å². The maximum absolute atomic E-state index is 13.9. The normalized spacial score (nSPS) is 18.3. The Morgan fingerprint density at radius 1 is 1.33 bits per heavy atom. The third-order valence-corrected chi connectivity index (χ3v) is 4.96. The molecule has 2 nitrogen and oxygen atoms in total. The van der Waals surface area contributed by atoms with Crippen LogP contribution >= 0.6 is 11.8 Å². The van der Waals surface area contributed by atoms with Crippen LogP contribution in [0.3, 0.4) is 0 Å². The van der Waals surface area contributed by atoms with Gasteiger partial charge in [-0.15, -0.1) is 11.8 Å². The van der Waals surface area contributed by atoms with E-state index in [1.54, 1.807) is 19.1 Å². The van der Waals surface area contributed by atoms with Crippen molar-refractivity contribution in [1.82, 2.24) is 0 Å². The van der Waals surface area contributed by atoms with Crippen molar-refractivity contribution in [2.75, 3.05) is 12.4 Å². The highest BCUT2D eigenvalue weighted by Crippen LogP contribution is 2.39. The second-order valence-electron chi connectivity index (χ2n) is 5.33. The fourth-order valence-electron chi connectivity index (χ4n) is 2.53. The van der Waals surface area contributed by atoms with Gasteiger partial charge < -0.3 is 10.5 Å². The predicted octanol–water partition coefficient (Wildman–Crippen LogP) is 4.11. The molecule has 3 rings (SSSR count). The van der Waals surface area contributed by atoms with Crippen molar-refractivity contribution in [3.63, 3.8) is 0 Å². The standard InChI is InChI=1S/C17H18FNOS/c1-11(19)14-7-6-13(8-16(14)18)20-9-12-10-21-17-5-3-2-4-15(12)17/h2-8,11-12H,9-10,19H2,1H3. The first-order chi connectivity index (χ1) is 10.1. The summed E-state index contributed by atoms with van der Waals surface area (Å²) in [4.78, 5) is 1.32. The van der Waals surface area contributed by atoms with Crippen LogP contribution in [-0.2, 0) is 0 Å². The lowest BCUT2D eigenvalue weighted by Gasteiger charge is -2.14. The Morgan fingerprint density at radius 2 is 2.14 bits per heavy atom. The Morgan fingerprint density at radius 3 is 2.90 bits per heavy atom. The van der Waals surface area contributed by atoms with Crippen molar-refractivity contribution in [3.05, 3.63) is 59.4 Å². The van der Waals surface area contributed by atoms with Crippen molar-refractivity contribution < 1.29 is 9.13 Å². The molecule has 2 atom stereocenters. The van der Waals surface area contributed by atoms with Crippen LogP contribution in [0.4, 0.5) is 4.39 Å². The quantitative estimate of drug-likeness (QED) is 0.923. The molecule has 0 fully saturated rings. The summed E-state index contributed by atoms with van der Waals surface area (Å²) < 4.78 is 19.6. The summed E-state index contributed by atoms with van der Waals surface area (Å²) in [5.74, 6) is 1.64. The molecule has 0 radical (unpaired) electrons. The first-order valence-corrected chi connectivity index (χ1v) is 8.03. The van der Waals surface area contributed by atoms with Crippen LogP contribution in [0.15, 0.2) is 47.4 Å². The lowest BCUT2D eigenvalue weighted by Crippen LogP contribution is -2.11. The van der Waals surface area contributed by atoms with E-state index in [-0.39, 0.29) is 11.9 Å². The van der Waals surface area contributed by atoms with E-state index >= 15 is 0 Å². The molecule has 0 saturated heterocycles. The lowest BCUT2D eigenvalue weighted by atomic mass is 10.0. The van der Waals surface area contributed by atoms with Gasteiger partial charge in [0.2, 0.25) is 0 Å². The van der Waals surface area contributed by atoms with Crippen LogP contribution in [0.25, 0.3) is 0 Å². The van der Waals surface area contributed by atoms with Crippen molar-refractivity contribution in [3.8, 4) is 5.75 Å². The maximum atomic E-state index is 13.9. The van der Waals surface area contributed by atoms with Gasteiger partial charge in [-0.2, -0.15) is 0 Å². The van der Waals surface area contributed by atoms with E-state index < -0.39 is 0 Å². The highest BCUT2D eigenvalue weighted by atomic mass is 32.2. The van der Waals surface area contributed by atoms with E-state index in [4.69, 9.17) is 10.5 Å². The largest absolute Gasteiger partial charge is 0.493 e. The number of ether oxygens (including phenoxy) is 1. The number of halogens is 1. The van der Waals surface area contributed by atoms with Crippen LogP contribution in [0.2, 0.25) is 0 Å². The van der Waals surface area contributed by atoms with Crippen molar-refractivity contribution in [2.24, 2.45) is 5.73 Å². The zero-order valence-corrected chi connectivity index (χ0v) is 12.7. The van der Waals surface area contributed by atoms with Gasteiger partial charge >= 0.3 is 0 Å². The number of benzene rings is 2. The predicted molar refractivity (Wildman–Crippen MR) is 84.4 cm³/mol. The van der Waals surface area contributed by atoms with Gasteiger partial charge in [0.1, 0.15) is 11.6 Å². The van der Waals surface area contributed by atoms with E-state index in [1.165, 1.54) is 16.5 Å². The average Bonchev–Trinajstić information content (AvgIpc) is 2.88. The first-order valence-electron chi connectivity index (χ1n) is 7.04. The molecular weight excluding hydrogens is 285 g/mol. The molecule has 0 bridgehead atoms. The molecule has 2 N–H and O–H groups in total. The van der Waals surface area contributed by atoms with Gasteiger partial charge in [0.25, 0.3) is 0 Å². The second kappa shape index (κ2) is 6.08. The van der Waals surface area contributed by atoms with Crippen LogP contribution < -0.4 is 10.5 Å². The van der Waals surface area contributed by atoms with Crippen molar-refractivity contribution >= 4 is 11.8 Å². The van der Waals surface area contributed by atoms with Gasteiger partial charge in [-0.25, -0.2) is 4.39 Å². The minimum Gasteiger partial charge on any atom is -0.493 e. The number of nitrogens with two attached hydrogens (primary N) is 1. The molecule has 0 aromatic heterocycles. The van der Waals surface area contributed by atoms with E-state index in [0.717, 1.165) is 5.75 Å². The van der Waals surface area contributed by atoms with Crippen LogP contribution in [0.5, 0.6) is 5.75 Å². The number of thioether (sulfide) groups is 1. The highest BCUT2D eigenvalue weighted by molar-refractivity contribution is 7.99. The number of hydrogen-bond donors (Lipinski definition) is 1. The van der Waals surface area contributed by atoms with Crippen molar-refractivity contribution in [1.29, 1.82) is 0 Å². The number of hydrogen-bond acceptors (Lipinski definition) is 3. The summed E-state index contributed by atoms with van der Waals surface area (Å²) in [6.45, 7) is 2.34. The zero-order chi connectivity index (χ0) is 14.8. The molecule has 2 aromatic rings. The monoisotopic (exact) mass is 303 g/mol. The van der Waals surface area contributed by atoms with Crippen LogP contribution in [0.1, 0.15) is 30.0 Å². The van der Waals surface area contributed by atoms with Gasteiger partial charge in [-0.3, -0.25) is 0 Å². The summed E-state index contributed by atoms with van der Waals surface area (Å²) in [6, 6.07) is 13.0. The Hall–Kier alpha value is -1.52. The molecule has 2 unspecified atom stereocenters. The molecule has 4 heteroatoms. The summed E-state index contributed by atoms with van der Waals surface area (Å²) in [5.41, 5.74) is 7.55. The summed E-state index contributed by atoms with van der Waals surface area (Å²) in [7, 11) is 0.